The average Bonchev–Trinajstić information content (AvgIpc) is 2.60. The van der Waals surface area contributed by atoms with Crippen LogP contribution >= 0.6 is 24.0 Å². The molecule has 1 spiro atoms. The van der Waals surface area contributed by atoms with Crippen molar-refractivity contribution in [2.45, 2.75) is 57.6 Å². The summed E-state index contributed by atoms with van der Waals surface area (Å²) < 4.78 is 5.95. The van der Waals surface area contributed by atoms with Gasteiger partial charge in [-0.2, -0.15) is 0 Å². The van der Waals surface area contributed by atoms with Crippen molar-refractivity contribution in [1.82, 2.24) is 10.6 Å². The summed E-state index contributed by atoms with van der Waals surface area (Å²) in [6.07, 6.45) is 5.25. The van der Waals surface area contributed by atoms with Crippen molar-refractivity contribution in [1.29, 1.82) is 0 Å². The molecule has 2 aliphatic rings. The predicted octanol–water partition coefficient (Wildman–Crippen LogP) is 3.28. The lowest BCUT2D eigenvalue weighted by atomic mass is 9.51. The van der Waals surface area contributed by atoms with Crippen molar-refractivity contribution < 1.29 is 9.84 Å². The summed E-state index contributed by atoms with van der Waals surface area (Å²) in [4.78, 5) is 4.77. The summed E-state index contributed by atoms with van der Waals surface area (Å²) >= 11 is 0. The zero-order valence-corrected chi connectivity index (χ0v) is 18.8. The molecule has 0 amide bonds. The lowest BCUT2D eigenvalue weighted by Gasteiger charge is -2.61. The molecule has 3 atom stereocenters. The molecule has 1 aromatic carbocycles. The van der Waals surface area contributed by atoms with E-state index in [4.69, 9.17) is 9.73 Å². The first-order valence-electron chi connectivity index (χ1n) is 10.1. The number of aliphatic imine (C=N–C) groups is 1. The van der Waals surface area contributed by atoms with Gasteiger partial charge in [0.25, 0.3) is 0 Å². The minimum atomic E-state index is 0. The first-order chi connectivity index (χ1) is 12.7. The molecular weight excluding hydrogens is 453 g/mol. The molecule has 0 aromatic heterocycles. The first kappa shape index (κ1) is 22.4. The molecule has 0 aliphatic heterocycles. The third-order valence-electron chi connectivity index (χ3n) is 6.05. The summed E-state index contributed by atoms with van der Waals surface area (Å²) in [5.74, 6) is 0.884. The fraction of sp³-hybridized carbons (Fsp3) is 0.667. The lowest BCUT2D eigenvalue weighted by molar-refractivity contribution is -0.168. The summed E-state index contributed by atoms with van der Waals surface area (Å²) in [6, 6.07) is 10.6. The fourth-order valence-electron chi connectivity index (χ4n) is 4.32. The van der Waals surface area contributed by atoms with Gasteiger partial charge in [0.05, 0.1) is 19.3 Å². The van der Waals surface area contributed by atoms with Gasteiger partial charge in [0.2, 0.25) is 0 Å². The number of hydrogen-bond acceptors (Lipinski definition) is 3. The first-order valence-corrected chi connectivity index (χ1v) is 10.1. The van der Waals surface area contributed by atoms with Crippen LogP contribution in [-0.4, -0.2) is 49.5 Å². The van der Waals surface area contributed by atoms with Crippen molar-refractivity contribution in [3.63, 3.8) is 0 Å². The standard InChI is InChI=1S/C21H33N3O2.HI/c1-3-22-20(23-14-17(15-25)16-9-6-5-7-10-16)24-18-13-19(26-4-2)21(18)11-8-12-21;/h5-7,9-10,17-19,25H,3-4,8,11-15H2,1-2H3,(H2,22,23,24);1H. The second-order valence-corrected chi connectivity index (χ2v) is 7.47. The van der Waals surface area contributed by atoms with Crippen molar-refractivity contribution in [2.24, 2.45) is 10.4 Å². The van der Waals surface area contributed by atoms with Crippen LogP contribution in [0.4, 0.5) is 0 Å². The van der Waals surface area contributed by atoms with Crippen LogP contribution in [0.5, 0.6) is 0 Å². The van der Waals surface area contributed by atoms with E-state index in [1.807, 2.05) is 18.2 Å². The van der Waals surface area contributed by atoms with Gasteiger partial charge in [-0.15, -0.1) is 24.0 Å². The maximum atomic E-state index is 9.76. The molecule has 152 valence electrons. The Labute approximate surface area is 180 Å². The van der Waals surface area contributed by atoms with Crippen molar-refractivity contribution in [3.05, 3.63) is 35.9 Å². The Bertz CT molecular complexity index is 592. The maximum Gasteiger partial charge on any atom is 0.191 e. The summed E-state index contributed by atoms with van der Waals surface area (Å²) in [5, 5.41) is 16.8. The SMILES string of the molecule is CCNC(=NCC(CO)c1ccccc1)NC1CC(OCC)C12CCC2.I. The Morgan fingerprint density at radius 3 is 2.59 bits per heavy atom. The fourth-order valence-corrected chi connectivity index (χ4v) is 4.32. The molecule has 3 N–H and O–H groups in total. The molecular formula is C21H34IN3O2. The van der Waals surface area contributed by atoms with E-state index in [0.29, 0.717) is 24.1 Å². The van der Waals surface area contributed by atoms with Crippen molar-refractivity contribution in [3.8, 4) is 0 Å². The summed E-state index contributed by atoms with van der Waals surface area (Å²) in [5.41, 5.74) is 1.44. The number of rotatable bonds is 8. The number of nitrogens with zero attached hydrogens (tertiary/aromatic N) is 1. The number of guanidine groups is 1. The number of aliphatic hydroxyl groups excluding tert-OH is 1. The second-order valence-electron chi connectivity index (χ2n) is 7.47. The van der Waals surface area contributed by atoms with Gasteiger partial charge in [-0.3, -0.25) is 4.99 Å². The van der Waals surface area contributed by atoms with Crippen LogP contribution < -0.4 is 10.6 Å². The molecule has 3 rings (SSSR count). The van der Waals surface area contributed by atoms with Gasteiger partial charge in [0.1, 0.15) is 0 Å². The Kier molecular flexibility index (Phi) is 8.82. The molecule has 5 nitrogen and oxygen atoms in total. The molecule has 2 aliphatic carbocycles. The van der Waals surface area contributed by atoms with Gasteiger partial charge in [0.15, 0.2) is 5.96 Å². The molecule has 6 heteroatoms. The van der Waals surface area contributed by atoms with E-state index in [1.54, 1.807) is 0 Å². The number of aliphatic hydroxyl groups is 1. The average molecular weight is 487 g/mol. The van der Waals surface area contributed by atoms with Gasteiger partial charge in [-0.05, 0) is 38.7 Å². The highest BCUT2D eigenvalue weighted by atomic mass is 127. The topological polar surface area (TPSA) is 65.9 Å². The third-order valence-corrected chi connectivity index (χ3v) is 6.05. The van der Waals surface area contributed by atoms with Crippen LogP contribution in [0, 0.1) is 5.41 Å². The zero-order chi connectivity index (χ0) is 18.4. The molecule has 2 saturated carbocycles. The van der Waals surface area contributed by atoms with Crippen LogP contribution in [0.1, 0.15) is 51.0 Å². The highest BCUT2D eigenvalue weighted by Gasteiger charge is 2.59. The molecule has 0 bridgehead atoms. The number of nitrogens with one attached hydrogen (secondary N) is 2. The van der Waals surface area contributed by atoms with E-state index < -0.39 is 0 Å². The molecule has 0 saturated heterocycles. The highest BCUT2D eigenvalue weighted by Crippen LogP contribution is 2.57. The minimum absolute atomic E-state index is 0. The predicted molar refractivity (Wildman–Crippen MR) is 121 cm³/mol. The summed E-state index contributed by atoms with van der Waals surface area (Å²) in [6.45, 7) is 6.47. The van der Waals surface area contributed by atoms with E-state index in [1.165, 1.54) is 19.3 Å². The quantitative estimate of drug-likeness (QED) is 0.299. The Balaban J connectivity index is 0.00000261. The number of hydrogen-bond donors (Lipinski definition) is 3. The smallest absolute Gasteiger partial charge is 0.191 e. The largest absolute Gasteiger partial charge is 0.396 e. The number of halogens is 1. The number of benzene rings is 1. The molecule has 1 aromatic rings. The molecule has 0 radical (unpaired) electrons. The van der Waals surface area contributed by atoms with E-state index in [0.717, 1.165) is 31.1 Å². The monoisotopic (exact) mass is 487 g/mol. The zero-order valence-electron chi connectivity index (χ0n) is 16.5. The van der Waals surface area contributed by atoms with Crippen LogP contribution in [0.15, 0.2) is 35.3 Å². The van der Waals surface area contributed by atoms with E-state index in [9.17, 15) is 5.11 Å². The van der Waals surface area contributed by atoms with Crippen LogP contribution in [0.2, 0.25) is 0 Å². The molecule has 3 unspecified atom stereocenters. The van der Waals surface area contributed by atoms with Gasteiger partial charge in [-0.1, -0.05) is 36.8 Å². The minimum Gasteiger partial charge on any atom is -0.396 e. The normalized spacial score (nSPS) is 24.3. The molecule has 27 heavy (non-hydrogen) atoms. The van der Waals surface area contributed by atoms with Gasteiger partial charge >= 0.3 is 0 Å². The Morgan fingerprint density at radius 1 is 1.30 bits per heavy atom. The van der Waals surface area contributed by atoms with Crippen molar-refractivity contribution in [2.75, 3.05) is 26.3 Å². The number of ether oxygens (including phenoxy) is 1. The maximum absolute atomic E-state index is 9.76. The van der Waals surface area contributed by atoms with Crippen LogP contribution in [-0.2, 0) is 4.74 Å². The molecule has 2 fully saturated rings. The van der Waals surface area contributed by atoms with Crippen LogP contribution in [0.3, 0.4) is 0 Å². The van der Waals surface area contributed by atoms with Gasteiger partial charge < -0.3 is 20.5 Å². The van der Waals surface area contributed by atoms with E-state index in [-0.39, 0.29) is 36.5 Å². The molecule has 0 heterocycles. The van der Waals surface area contributed by atoms with Crippen LogP contribution in [0.25, 0.3) is 0 Å². The Hall–Kier alpha value is -0.860. The Morgan fingerprint density at radius 2 is 2.04 bits per heavy atom. The van der Waals surface area contributed by atoms with Gasteiger partial charge in [-0.25, -0.2) is 0 Å². The second kappa shape index (κ2) is 10.6. The van der Waals surface area contributed by atoms with E-state index >= 15 is 0 Å². The van der Waals surface area contributed by atoms with E-state index in [2.05, 4.69) is 36.6 Å². The summed E-state index contributed by atoms with van der Waals surface area (Å²) in [7, 11) is 0. The van der Waals surface area contributed by atoms with Crippen molar-refractivity contribution >= 4 is 29.9 Å². The highest BCUT2D eigenvalue weighted by molar-refractivity contribution is 14.0. The van der Waals surface area contributed by atoms with Gasteiger partial charge in [0, 0.05) is 30.5 Å². The third kappa shape index (κ3) is 4.95. The lowest BCUT2D eigenvalue weighted by Crippen LogP contribution is -2.68.